The fourth-order valence-corrected chi connectivity index (χ4v) is 2.53. The van der Waals surface area contributed by atoms with Gasteiger partial charge in [-0.05, 0) is 33.6 Å². The molecule has 28 heavy (non-hydrogen) atoms. The molecule has 0 radical (unpaired) electrons. The van der Waals surface area contributed by atoms with Crippen molar-refractivity contribution in [2.75, 3.05) is 26.2 Å². The van der Waals surface area contributed by atoms with Gasteiger partial charge in [0, 0.05) is 13.1 Å². The van der Waals surface area contributed by atoms with E-state index in [1.54, 1.807) is 20.8 Å². The van der Waals surface area contributed by atoms with Gasteiger partial charge in [0.05, 0.1) is 6.54 Å². The Balaban J connectivity index is 2.50. The number of Topliss-reactive ketones (excluding diaryl/α,β-unsaturated/α-hetero) is 1. The lowest BCUT2D eigenvalue weighted by Crippen LogP contribution is -2.50. The van der Waals surface area contributed by atoms with Crippen molar-refractivity contribution in [3.8, 4) is 0 Å². The van der Waals surface area contributed by atoms with Gasteiger partial charge >= 0.3 is 6.09 Å². The summed E-state index contributed by atoms with van der Waals surface area (Å²) in [5.41, 5.74) is -0.687. The number of amides is 4. The van der Waals surface area contributed by atoms with E-state index < -0.39 is 47.8 Å². The highest BCUT2D eigenvalue weighted by Gasteiger charge is 2.34. The van der Waals surface area contributed by atoms with Crippen molar-refractivity contribution in [1.82, 2.24) is 20.9 Å². The zero-order valence-electron chi connectivity index (χ0n) is 16.5. The lowest BCUT2D eigenvalue weighted by molar-refractivity contribution is -0.140. The van der Waals surface area contributed by atoms with Crippen molar-refractivity contribution < 1.29 is 28.7 Å². The van der Waals surface area contributed by atoms with E-state index >= 15 is 0 Å². The Hall–Kier alpha value is -2.91. The second kappa shape index (κ2) is 10.4. The first-order valence-corrected chi connectivity index (χ1v) is 9.01. The van der Waals surface area contributed by atoms with Gasteiger partial charge in [-0.1, -0.05) is 6.08 Å². The van der Waals surface area contributed by atoms with Crippen LogP contribution in [0.15, 0.2) is 12.7 Å². The van der Waals surface area contributed by atoms with E-state index in [1.165, 1.54) is 11.0 Å². The molecule has 1 aliphatic rings. The molecule has 10 heteroatoms. The van der Waals surface area contributed by atoms with Crippen molar-refractivity contribution in [3.63, 3.8) is 0 Å². The predicted molar refractivity (Wildman–Crippen MR) is 100 cm³/mol. The number of carbonyl (C=O) groups is 5. The fourth-order valence-electron chi connectivity index (χ4n) is 2.53. The number of rotatable bonds is 8. The maximum Gasteiger partial charge on any atom is 0.408 e. The average Bonchev–Trinajstić information content (AvgIpc) is 3.10. The van der Waals surface area contributed by atoms with Crippen LogP contribution in [-0.4, -0.2) is 72.3 Å². The summed E-state index contributed by atoms with van der Waals surface area (Å²) in [6.07, 6.45) is 1.75. The van der Waals surface area contributed by atoms with Gasteiger partial charge in [0.2, 0.25) is 17.6 Å². The third kappa shape index (κ3) is 7.77. The zero-order chi connectivity index (χ0) is 21.3. The second-order valence-corrected chi connectivity index (χ2v) is 7.24. The molecular formula is C18H28N4O6. The molecule has 0 aromatic rings. The zero-order valence-corrected chi connectivity index (χ0v) is 16.5. The lowest BCUT2D eigenvalue weighted by atomic mass is 10.2. The van der Waals surface area contributed by atoms with Gasteiger partial charge in [-0.15, -0.1) is 6.58 Å². The van der Waals surface area contributed by atoms with Crippen molar-refractivity contribution >= 4 is 29.6 Å². The molecule has 3 N–H and O–H groups in total. The topological polar surface area (TPSA) is 134 Å². The van der Waals surface area contributed by atoms with Gasteiger partial charge in [0.15, 0.2) is 0 Å². The molecule has 0 bridgehead atoms. The summed E-state index contributed by atoms with van der Waals surface area (Å²) in [5.74, 6) is -2.56. The number of carbonyl (C=O) groups excluding carboxylic acids is 5. The van der Waals surface area contributed by atoms with E-state index in [-0.39, 0.29) is 13.1 Å². The Bertz CT molecular complexity index is 640. The van der Waals surface area contributed by atoms with E-state index in [2.05, 4.69) is 22.5 Å². The van der Waals surface area contributed by atoms with Gasteiger partial charge in [0.1, 0.15) is 18.2 Å². The molecule has 0 spiro atoms. The quantitative estimate of drug-likeness (QED) is 0.374. The van der Waals surface area contributed by atoms with Crippen molar-refractivity contribution in [1.29, 1.82) is 0 Å². The van der Waals surface area contributed by atoms with E-state index in [9.17, 15) is 24.0 Å². The molecule has 1 atom stereocenters. The van der Waals surface area contributed by atoms with Gasteiger partial charge in [-0.3, -0.25) is 19.2 Å². The maximum atomic E-state index is 12.3. The molecule has 1 saturated heterocycles. The summed E-state index contributed by atoms with van der Waals surface area (Å²) in [6, 6.07) is -0.753. The van der Waals surface area contributed by atoms with Crippen LogP contribution in [0.25, 0.3) is 0 Å². The first-order valence-electron chi connectivity index (χ1n) is 9.01. The van der Waals surface area contributed by atoms with Crippen molar-refractivity contribution in [2.24, 2.45) is 0 Å². The second-order valence-electron chi connectivity index (χ2n) is 7.24. The normalized spacial score (nSPS) is 16.1. The maximum absolute atomic E-state index is 12.3. The smallest absolute Gasteiger partial charge is 0.408 e. The van der Waals surface area contributed by atoms with Crippen LogP contribution in [0.1, 0.15) is 33.6 Å². The van der Waals surface area contributed by atoms with E-state index in [1.807, 2.05) is 0 Å². The molecule has 0 saturated carbocycles. The highest BCUT2D eigenvalue weighted by Crippen LogP contribution is 2.17. The SMILES string of the molecule is C=CCNC(=O)C(=O)CNC(=O)[C@@H]1CCCN1C(=O)CNC(=O)OC(C)(C)C. The molecule has 0 aromatic carbocycles. The Morgan fingerprint density at radius 2 is 1.79 bits per heavy atom. The summed E-state index contributed by atoms with van der Waals surface area (Å²) >= 11 is 0. The highest BCUT2D eigenvalue weighted by atomic mass is 16.6. The summed E-state index contributed by atoms with van der Waals surface area (Å²) in [4.78, 5) is 60.8. The molecule has 0 unspecified atom stereocenters. The Labute approximate surface area is 164 Å². The first kappa shape index (κ1) is 23.1. The molecule has 1 heterocycles. The minimum absolute atomic E-state index is 0.147. The number of alkyl carbamates (subject to hydrolysis) is 1. The van der Waals surface area contributed by atoms with E-state index in [0.29, 0.717) is 19.4 Å². The molecule has 1 aliphatic heterocycles. The van der Waals surface area contributed by atoms with Crippen LogP contribution in [0.4, 0.5) is 4.79 Å². The molecular weight excluding hydrogens is 368 g/mol. The number of ketones is 1. The van der Waals surface area contributed by atoms with Gasteiger partial charge in [-0.25, -0.2) is 4.79 Å². The fraction of sp³-hybridized carbons (Fsp3) is 0.611. The molecule has 4 amide bonds. The first-order chi connectivity index (χ1) is 13.0. The summed E-state index contributed by atoms with van der Waals surface area (Å²) in [7, 11) is 0. The van der Waals surface area contributed by atoms with Crippen LogP contribution in [0, 0.1) is 0 Å². The molecule has 10 nitrogen and oxygen atoms in total. The van der Waals surface area contributed by atoms with Crippen molar-refractivity contribution in [3.05, 3.63) is 12.7 Å². The molecule has 1 rings (SSSR count). The molecule has 156 valence electrons. The van der Waals surface area contributed by atoms with Crippen LogP contribution in [0.5, 0.6) is 0 Å². The number of nitrogens with one attached hydrogen (secondary N) is 3. The third-order valence-electron chi connectivity index (χ3n) is 3.74. The van der Waals surface area contributed by atoms with Gasteiger partial charge in [0.25, 0.3) is 5.91 Å². The standard InChI is InChI=1S/C18H28N4O6/c1-5-8-19-16(26)13(23)10-20-15(25)12-7-6-9-22(12)14(24)11-21-17(27)28-18(2,3)4/h5,12H,1,6-11H2,2-4H3,(H,19,26)(H,20,25)(H,21,27)/t12-/m0/s1. The summed E-state index contributed by atoms with van der Waals surface area (Å²) < 4.78 is 5.06. The van der Waals surface area contributed by atoms with Crippen LogP contribution in [0.3, 0.4) is 0 Å². The molecule has 0 aromatic heterocycles. The number of hydrogen-bond donors (Lipinski definition) is 3. The van der Waals surface area contributed by atoms with Crippen molar-refractivity contribution in [2.45, 2.75) is 45.3 Å². The largest absolute Gasteiger partial charge is 0.444 e. The van der Waals surface area contributed by atoms with Crippen LogP contribution in [0.2, 0.25) is 0 Å². The molecule has 1 fully saturated rings. The minimum atomic E-state index is -0.818. The van der Waals surface area contributed by atoms with Gasteiger partial charge in [-0.2, -0.15) is 0 Å². The number of ether oxygens (including phenoxy) is 1. The highest BCUT2D eigenvalue weighted by molar-refractivity contribution is 6.37. The summed E-state index contributed by atoms with van der Waals surface area (Å²) in [5, 5.41) is 7.06. The minimum Gasteiger partial charge on any atom is -0.444 e. The number of likely N-dealkylation sites (tertiary alicyclic amines) is 1. The lowest BCUT2D eigenvalue weighted by Gasteiger charge is -2.24. The van der Waals surface area contributed by atoms with Crippen LogP contribution in [-0.2, 0) is 23.9 Å². The number of nitrogens with zero attached hydrogens (tertiary/aromatic N) is 1. The molecule has 0 aliphatic carbocycles. The van der Waals surface area contributed by atoms with E-state index in [0.717, 1.165) is 0 Å². The van der Waals surface area contributed by atoms with Crippen LogP contribution >= 0.6 is 0 Å². The van der Waals surface area contributed by atoms with Crippen LogP contribution < -0.4 is 16.0 Å². The predicted octanol–water partition coefficient (Wildman–Crippen LogP) is -0.510. The van der Waals surface area contributed by atoms with Gasteiger partial charge < -0.3 is 25.6 Å². The number of hydrogen-bond acceptors (Lipinski definition) is 6. The Morgan fingerprint density at radius 1 is 1.11 bits per heavy atom. The third-order valence-corrected chi connectivity index (χ3v) is 3.74. The Morgan fingerprint density at radius 3 is 2.39 bits per heavy atom. The Kier molecular flexibility index (Phi) is 8.62. The monoisotopic (exact) mass is 396 g/mol. The average molecular weight is 396 g/mol. The summed E-state index contributed by atoms with van der Waals surface area (Å²) in [6.45, 7) is 8.27. The van der Waals surface area contributed by atoms with E-state index in [4.69, 9.17) is 4.74 Å².